The van der Waals surface area contributed by atoms with E-state index in [-0.39, 0.29) is 5.69 Å². The number of aromatic nitrogens is 2. The number of carbonyl (C=O) groups excluding carboxylic acids is 2. The van der Waals surface area contributed by atoms with E-state index < -0.39 is 17.4 Å². The van der Waals surface area contributed by atoms with Crippen molar-refractivity contribution in [2.75, 3.05) is 0 Å². The predicted molar refractivity (Wildman–Crippen MR) is 71.8 cm³/mol. The van der Waals surface area contributed by atoms with Crippen LogP contribution in [0.5, 0.6) is 0 Å². The van der Waals surface area contributed by atoms with Crippen LogP contribution in [0.25, 0.3) is 0 Å². The fraction of sp³-hybridized carbons (Fsp3) is 0. The summed E-state index contributed by atoms with van der Waals surface area (Å²) in [7, 11) is 0. The predicted octanol–water partition coefficient (Wildman–Crippen LogP) is 0.669. The molecule has 98 valence electrons. The topological polar surface area (TPSA) is 104 Å². The van der Waals surface area contributed by atoms with Gasteiger partial charge in [0.15, 0.2) is 5.69 Å². The van der Waals surface area contributed by atoms with Crippen LogP contribution in [0.2, 0.25) is 0 Å². The molecule has 0 aliphatic carbocycles. The molecule has 0 radical (unpaired) electrons. The third-order valence-corrected chi connectivity index (χ3v) is 3.62. The minimum absolute atomic E-state index is 0.00717. The molecule has 0 bridgehead atoms. The molecule has 2 amide bonds. The van der Waals surface area contributed by atoms with Gasteiger partial charge in [-0.05, 0) is 34.1 Å². The van der Waals surface area contributed by atoms with E-state index in [1.165, 1.54) is 23.5 Å². The SMILES string of the molecule is O=C(NNC(=O)c1ccc(Br)s1)c1ccc(=O)[nH]n1. The van der Waals surface area contributed by atoms with Gasteiger partial charge in [-0.15, -0.1) is 11.3 Å². The number of rotatable bonds is 2. The molecule has 2 heterocycles. The van der Waals surface area contributed by atoms with Crippen LogP contribution in [0.1, 0.15) is 20.2 Å². The van der Waals surface area contributed by atoms with Gasteiger partial charge < -0.3 is 0 Å². The van der Waals surface area contributed by atoms with E-state index in [4.69, 9.17) is 0 Å². The third kappa shape index (κ3) is 3.48. The van der Waals surface area contributed by atoms with Crippen LogP contribution < -0.4 is 16.4 Å². The second kappa shape index (κ2) is 5.76. The molecule has 7 nitrogen and oxygen atoms in total. The van der Waals surface area contributed by atoms with Gasteiger partial charge in [0.05, 0.1) is 8.66 Å². The number of hydrogen-bond donors (Lipinski definition) is 3. The smallest absolute Gasteiger partial charge is 0.268 e. The van der Waals surface area contributed by atoms with Gasteiger partial charge in [-0.2, -0.15) is 5.10 Å². The Morgan fingerprint density at radius 1 is 1.16 bits per heavy atom. The van der Waals surface area contributed by atoms with Crippen molar-refractivity contribution in [1.29, 1.82) is 0 Å². The van der Waals surface area contributed by atoms with Gasteiger partial charge in [-0.3, -0.25) is 25.2 Å². The molecule has 9 heteroatoms. The summed E-state index contributed by atoms with van der Waals surface area (Å²) in [5.74, 6) is -1.06. The van der Waals surface area contributed by atoms with Crippen molar-refractivity contribution < 1.29 is 9.59 Å². The molecule has 0 unspecified atom stereocenters. The van der Waals surface area contributed by atoms with Crippen LogP contribution in [0.3, 0.4) is 0 Å². The minimum Gasteiger partial charge on any atom is -0.268 e. The van der Waals surface area contributed by atoms with Gasteiger partial charge >= 0.3 is 0 Å². The van der Waals surface area contributed by atoms with Crippen molar-refractivity contribution in [3.63, 3.8) is 0 Å². The normalized spacial score (nSPS) is 9.95. The molecule has 0 aromatic carbocycles. The van der Waals surface area contributed by atoms with Crippen molar-refractivity contribution >= 4 is 39.1 Å². The first-order valence-electron chi connectivity index (χ1n) is 4.98. The number of nitrogens with zero attached hydrogens (tertiary/aromatic N) is 1. The van der Waals surface area contributed by atoms with E-state index in [1.54, 1.807) is 12.1 Å². The van der Waals surface area contributed by atoms with Gasteiger partial charge in [-0.25, -0.2) is 5.10 Å². The van der Waals surface area contributed by atoms with E-state index in [2.05, 4.69) is 37.0 Å². The third-order valence-electron chi connectivity index (χ3n) is 2.00. The summed E-state index contributed by atoms with van der Waals surface area (Å²) in [6.45, 7) is 0. The number of carbonyl (C=O) groups is 2. The van der Waals surface area contributed by atoms with Crippen LogP contribution in [-0.2, 0) is 0 Å². The molecular formula is C10H7BrN4O3S. The summed E-state index contributed by atoms with van der Waals surface area (Å²) in [5, 5.41) is 5.65. The van der Waals surface area contributed by atoms with Crippen molar-refractivity contribution in [2.24, 2.45) is 0 Å². The number of halogens is 1. The molecule has 0 spiro atoms. The number of aromatic amines is 1. The fourth-order valence-electron chi connectivity index (χ4n) is 1.15. The second-order valence-corrected chi connectivity index (χ2v) is 5.78. The molecule has 0 aliphatic heterocycles. The highest BCUT2D eigenvalue weighted by molar-refractivity contribution is 9.11. The number of hydrazine groups is 1. The zero-order valence-corrected chi connectivity index (χ0v) is 11.7. The lowest BCUT2D eigenvalue weighted by molar-refractivity contribution is 0.0845. The highest BCUT2D eigenvalue weighted by atomic mass is 79.9. The molecule has 0 aliphatic rings. The number of nitrogens with one attached hydrogen (secondary N) is 3. The summed E-state index contributed by atoms with van der Waals surface area (Å²) in [6, 6.07) is 5.77. The first-order chi connectivity index (χ1) is 9.06. The Morgan fingerprint density at radius 3 is 2.47 bits per heavy atom. The molecule has 0 fully saturated rings. The Bertz CT molecular complexity index is 661. The summed E-state index contributed by atoms with van der Waals surface area (Å²) in [4.78, 5) is 34.4. The Labute approximate surface area is 119 Å². The van der Waals surface area contributed by atoms with Gasteiger partial charge in [-0.1, -0.05) is 0 Å². The largest absolute Gasteiger partial charge is 0.290 e. The number of hydrogen-bond acceptors (Lipinski definition) is 5. The quantitative estimate of drug-likeness (QED) is 0.697. The minimum atomic E-state index is -0.625. The van der Waals surface area contributed by atoms with Crippen LogP contribution in [0.15, 0.2) is 32.8 Å². The molecule has 3 N–H and O–H groups in total. The maximum Gasteiger partial charge on any atom is 0.290 e. The van der Waals surface area contributed by atoms with E-state index in [0.717, 1.165) is 3.79 Å². The van der Waals surface area contributed by atoms with Crippen molar-refractivity contribution in [3.05, 3.63) is 49.0 Å². The van der Waals surface area contributed by atoms with Crippen molar-refractivity contribution in [2.45, 2.75) is 0 Å². The van der Waals surface area contributed by atoms with E-state index in [1.807, 2.05) is 0 Å². The van der Waals surface area contributed by atoms with Crippen molar-refractivity contribution in [3.8, 4) is 0 Å². The Balaban J connectivity index is 1.95. The average Bonchev–Trinajstić information content (AvgIpc) is 2.83. The molecule has 2 aromatic heterocycles. The summed E-state index contributed by atoms with van der Waals surface area (Å²) >= 11 is 4.47. The van der Waals surface area contributed by atoms with Crippen molar-refractivity contribution in [1.82, 2.24) is 21.0 Å². The number of amides is 2. The zero-order chi connectivity index (χ0) is 13.8. The second-order valence-electron chi connectivity index (χ2n) is 3.32. The van der Waals surface area contributed by atoms with E-state index in [0.29, 0.717) is 4.88 Å². The van der Waals surface area contributed by atoms with Crippen LogP contribution in [0.4, 0.5) is 0 Å². The maximum atomic E-state index is 11.6. The standard InChI is InChI=1S/C10H7BrN4O3S/c11-7-3-2-6(19-7)10(18)15-14-9(17)5-1-4-8(16)13-12-5/h1-4H,(H,13,16)(H,14,17)(H,15,18). The Hall–Kier alpha value is -2.00. The molecule has 0 saturated carbocycles. The van der Waals surface area contributed by atoms with Crippen LogP contribution >= 0.6 is 27.3 Å². The average molecular weight is 343 g/mol. The molecule has 2 rings (SSSR count). The van der Waals surface area contributed by atoms with E-state index >= 15 is 0 Å². The molecule has 0 saturated heterocycles. The highest BCUT2D eigenvalue weighted by Gasteiger charge is 2.11. The molecule has 19 heavy (non-hydrogen) atoms. The molecular weight excluding hydrogens is 336 g/mol. The van der Waals surface area contributed by atoms with E-state index in [9.17, 15) is 14.4 Å². The monoisotopic (exact) mass is 342 g/mol. The summed E-state index contributed by atoms with van der Waals surface area (Å²) in [6.07, 6.45) is 0. The lowest BCUT2D eigenvalue weighted by atomic mass is 10.4. The maximum absolute atomic E-state index is 11.6. The lowest BCUT2D eigenvalue weighted by Gasteiger charge is -2.04. The first-order valence-corrected chi connectivity index (χ1v) is 6.59. The summed E-state index contributed by atoms with van der Waals surface area (Å²) in [5.41, 5.74) is 4.02. The van der Waals surface area contributed by atoms with Crippen LogP contribution in [0, 0.1) is 0 Å². The van der Waals surface area contributed by atoms with Gasteiger partial charge in [0.25, 0.3) is 17.4 Å². The highest BCUT2D eigenvalue weighted by Crippen LogP contribution is 2.21. The fourth-order valence-corrected chi connectivity index (χ4v) is 2.43. The number of thiophene rings is 1. The first kappa shape index (κ1) is 13.4. The molecule has 2 aromatic rings. The zero-order valence-electron chi connectivity index (χ0n) is 9.27. The van der Waals surface area contributed by atoms with Gasteiger partial charge in [0, 0.05) is 6.07 Å². The van der Waals surface area contributed by atoms with Crippen LogP contribution in [-0.4, -0.2) is 22.0 Å². The van der Waals surface area contributed by atoms with Gasteiger partial charge in [0.2, 0.25) is 0 Å². The Kier molecular flexibility index (Phi) is 4.07. The number of H-pyrrole nitrogens is 1. The molecule has 0 atom stereocenters. The summed E-state index contributed by atoms with van der Waals surface area (Å²) < 4.78 is 0.811. The van der Waals surface area contributed by atoms with Gasteiger partial charge in [0.1, 0.15) is 0 Å². The lowest BCUT2D eigenvalue weighted by Crippen LogP contribution is -2.41. The Morgan fingerprint density at radius 2 is 1.89 bits per heavy atom.